The van der Waals surface area contributed by atoms with Crippen molar-refractivity contribution in [3.05, 3.63) is 63.4 Å². The van der Waals surface area contributed by atoms with Crippen molar-refractivity contribution in [2.45, 2.75) is 230 Å². The van der Waals surface area contributed by atoms with E-state index in [1.54, 1.807) is 59.1 Å². The molecule has 476 valence electrons. The normalized spacial score (nSPS) is 38.4. The Hall–Kier alpha value is -5.02. The van der Waals surface area contributed by atoms with Gasteiger partial charge >= 0.3 is 17.9 Å². The van der Waals surface area contributed by atoms with Crippen LogP contribution in [0, 0.1) is 17.3 Å². The van der Waals surface area contributed by atoms with Crippen LogP contribution in [0.3, 0.4) is 0 Å². The number of pyridine rings is 2. The van der Waals surface area contributed by atoms with Crippen molar-refractivity contribution in [1.82, 2.24) is 24.7 Å². The van der Waals surface area contributed by atoms with Gasteiger partial charge < -0.3 is 78.2 Å². The van der Waals surface area contributed by atoms with Gasteiger partial charge in [0.15, 0.2) is 12.6 Å². The Kier molecular flexibility index (Phi) is 19.1. The molecule has 6 aliphatic rings. The first-order chi connectivity index (χ1) is 40.5. The highest BCUT2D eigenvalue weighted by Crippen LogP contribution is 2.61. The van der Waals surface area contributed by atoms with E-state index in [-0.39, 0.29) is 100 Å². The van der Waals surface area contributed by atoms with E-state index < -0.39 is 131 Å². The maximum absolute atomic E-state index is 14.7. The number of para-hydroxylation sites is 1. The van der Waals surface area contributed by atoms with Crippen LogP contribution in [-0.4, -0.2) is 200 Å². The summed E-state index contributed by atoms with van der Waals surface area (Å²) in [5.41, 5.74) is -5.11. The number of aliphatic hydroxyl groups is 5. The molecule has 3 saturated heterocycles. The monoisotopic (exact) mass is 1210 g/mol. The topological polar surface area (TPSA) is 297 Å². The minimum absolute atomic E-state index is 0.0522. The van der Waals surface area contributed by atoms with Gasteiger partial charge in [0.05, 0.1) is 77.0 Å². The van der Waals surface area contributed by atoms with Crippen molar-refractivity contribution in [3.8, 4) is 11.4 Å². The number of hydrogen-bond donors (Lipinski definition) is 6. The Morgan fingerprint density at radius 1 is 0.942 bits per heavy atom. The van der Waals surface area contributed by atoms with Crippen LogP contribution in [0.2, 0.25) is 0 Å². The second kappa shape index (κ2) is 25.1. The summed E-state index contributed by atoms with van der Waals surface area (Å²) in [6, 6.07) is 10.1. The summed E-state index contributed by atoms with van der Waals surface area (Å²) >= 11 is 0. The third-order valence-corrected chi connectivity index (χ3v) is 19.9. The summed E-state index contributed by atoms with van der Waals surface area (Å²) < 4.78 is 51.4. The predicted octanol–water partition coefficient (Wildman–Crippen LogP) is 3.57. The van der Waals surface area contributed by atoms with E-state index >= 15 is 0 Å². The van der Waals surface area contributed by atoms with Crippen molar-refractivity contribution in [3.63, 3.8) is 0 Å². The lowest BCUT2D eigenvalue weighted by Crippen LogP contribution is -2.62. The average Bonchev–Trinajstić information content (AvgIpc) is 1.53. The summed E-state index contributed by atoms with van der Waals surface area (Å²) in [6.45, 7) is 17.5. The van der Waals surface area contributed by atoms with Gasteiger partial charge in [0.1, 0.15) is 36.6 Å². The zero-order valence-corrected chi connectivity index (χ0v) is 52.1. The molecule has 1 aliphatic carbocycles. The molecule has 1 saturated carbocycles. The molecule has 0 radical (unpaired) electrons. The highest BCUT2D eigenvalue weighted by Gasteiger charge is 2.71. The third-order valence-electron chi connectivity index (χ3n) is 19.9. The van der Waals surface area contributed by atoms with E-state index in [0.717, 1.165) is 16.5 Å². The van der Waals surface area contributed by atoms with Gasteiger partial charge in [0.25, 0.3) is 5.56 Å². The molecule has 2 unspecified atom stereocenters. The number of amides is 1. The molecule has 7 heterocycles. The number of aromatic nitrogens is 2. The number of benzene rings is 1. The van der Waals surface area contributed by atoms with Gasteiger partial charge in [-0.1, -0.05) is 45.9 Å². The summed E-state index contributed by atoms with van der Waals surface area (Å²) in [5.74, 6) is -4.93. The zero-order valence-electron chi connectivity index (χ0n) is 52.1. The third kappa shape index (κ3) is 12.1. The molecule has 1 amide bonds. The van der Waals surface area contributed by atoms with Crippen LogP contribution in [0.5, 0.6) is 0 Å². The first-order valence-corrected chi connectivity index (χ1v) is 30.6. The van der Waals surface area contributed by atoms with Gasteiger partial charge in [-0.2, -0.15) is 0 Å². The maximum atomic E-state index is 14.7. The second-order valence-corrected chi connectivity index (χ2v) is 26.1. The zero-order chi connectivity index (χ0) is 62.7. The number of nitrogens with zero attached hydrogens (tertiary/aromatic N) is 4. The lowest BCUT2D eigenvalue weighted by atomic mass is 9.81. The fourth-order valence-corrected chi connectivity index (χ4v) is 14.2. The van der Waals surface area contributed by atoms with Gasteiger partial charge in [-0.3, -0.25) is 24.1 Å². The number of carbonyl (C=O) groups excluding carboxylic acids is 4. The lowest BCUT2D eigenvalue weighted by Gasteiger charge is -2.48. The number of aliphatic hydroxyl groups excluding tert-OH is 3. The van der Waals surface area contributed by atoms with Crippen LogP contribution in [0.4, 0.5) is 0 Å². The van der Waals surface area contributed by atoms with E-state index in [0.29, 0.717) is 17.8 Å². The molecule has 4 fully saturated rings. The fourth-order valence-electron chi connectivity index (χ4n) is 14.2. The highest BCUT2D eigenvalue weighted by molar-refractivity contribution is 5.89. The smallest absolute Gasteiger partial charge is 0.355 e. The minimum atomic E-state index is -2.02. The minimum Gasteiger partial charge on any atom is -0.459 e. The number of cyclic esters (lactones) is 2. The molecule has 1 aromatic carbocycles. The summed E-state index contributed by atoms with van der Waals surface area (Å²) in [4.78, 5) is 78.4. The van der Waals surface area contributed by atoms with Gasteiger partial charge in [-0.15, -0.1) is 0 Å². The Bertz CT molecular complexity index is 3070. The molecular formula is C63H91N5O18. The van der Waals surface area contributed by atoms with Crippen LogP contribution in [0.15, 0.2) is 41.2 Å². The number of fused-ring (bicyclic) bond motifs is 6. The molecule has 86 heavy (non-hydrogen) atoms. The molecule has 0 spiro atoms. The SMILES string of the molecule is CC[C@H]1OC(=O)[C@H](C)[C@@H](OC2C[C@@](C)(OC)[C@@H](O)[C@H](C)O2)[C@H](C)C(O[C@@H]2O[C@H](C)C[C@H](N(C)C)[C@H]2O)[C@]2(O)C[C@@]2(C)CN(CCCNC(=O)CCC(=O)O[C@]2(CC)C(=O)OCc3c2cc2n(c3=O)Cc3cc4ccccc4nc3-2)[C@H](C)[C@@H](O)[C@]1(C)O. The molecule has 9 rings (SSSR count). The van der Waals surface area contributed by atoms with E-state index in [2.05, 4.69) is 5.32 Å². The maximum Gasteiger partial charge on any atom is 0.355 e. The summed E-state index contributed by atoms with van der Waals surface area (Å²) in [6.07, 6.45) is -10.3. The molecule has 0 bridgehead atoms. The van der Waals surface area contributed by atoms with Crippen LogP contribution >= 0.6 is 0 Å². The average molecular weight is 1210 g/mol. The molecule has 2 aromatic heterocycles. The number of carbonyl (C=O) groups is 4. The summed E-state index contributed by atoms with van der Waals surface area (Å²) in [5, 5.41) is 64.7. The molecule has 19 atom stereocenters. The highest BCUT2D eigenvalue weighted by atomic mass is 16.7. The van der Waals surface area contributed by atoms with Crippen molar-refractivity contribution in [2.75, 3.05) is 40.8 Å². The van der Waals surface area contributed by atoms with Gasteiger partial charge in [0, 0.05) is 79.5 Å². The number of likely N-dealkylation sites (N-methyl/N-ethyl adjacent to an activating group) is 1. The van der Waals surface area contributed by atoms with Crippen LogP contribution in [-0.2, 0) is 75.8 Å². The fraction of sp³-hybridized carbons (Fsp3) is 0.714. The molecule has 3 aromatic rings. The van der Waals surface area contributed by atoms with Crippen LogP contribution in [0.1, 0.15) is 137 Å². The lowest BCUT2D eigenvalue weighted by molar-refractivity contribution is -0.314. The summed E-state index contributed by atoms with van der Waals surface area (Å²) in [7, 11) is 5.19. The number of methoxy groups -OCH3 is 1. The van der Waals surface area contributed by atoms with Crippen LogP contribution in [0.25, 0.3) is 22.3 Å². The molecule has 5 aliphatic heterocycles. The van der Waals surface area contributed by atoms with Gasteiger partial charge in [-0.25, -0.2) is 9.78 Å². The largest absolute Gasteiger partial charge is 0.459 e. The molecular weight excluding hydrogens is 1110 g/mol. The van der Waals surface area contributed by atoms with Crippen LogP contribution < -0.4 is 10.9 Å². The van der Waals surface area contributed by atoms with E-state index in [1.807, 2.05) is 68.1 Å². The standard InChI is InChI=1S/C63H91N5O18/c1-14-45-61(10,77)52(72)36(6)67(24-18-23-64-46(69)21-22-47(70)86-62(15-2)41-27-43-49-39(26-38-19-16-17-20-42(38)65-49)29-68(43)55(74)40(41)30-80-58(62)76)32-59(8)31-63(59,78)54(85-57-50(71)44(66(11)12)25-33(3)81-57)34(4)51(35(5)56(75)83-45)84-48-28-60(9,79-13)53(73)37(7)82-48/h16-17,19-20,26-27,33-37,44-45,48,50-54,57,71-73,77-78H,14-15,18,21-25,28-32H2,1-13H3,(H,64,69)/t33-,34+,35-,36-,37+,44+,45-,48?,50-,51+,52-,53+,54?,57+,59+,60-,61-,62+,63-/m1/s1. The van der Waals surface area contributed by atoms with Gasteiger partial charge in [-0.05, 0) is 106 Å². The Morgan fingerprint density at radius 2 is 1.66 bits per heavy atom. The Labute approximate surface area is 502 Å². The van der Waals surface area contributed by atoms with E-state index in [9.17, 15) is 49.5 Å². The number of rotatable bonds is 16. The molecule has 6 N–H and O–H groups in total. The number of esters is 3. The Morgan fingerprint density at radius 3 is 2.35 bits per heavy atom. The number of hydrogen-bond acceptors (Lipinski definition) is 21. The number of nitrogens with one attached hydrogen (secondary N) is 1. The quantitative estimate of drug-likeness (QED) is 0.0531. The van der Waals surface area contributed by atoms with Crippen molar-refractivity contribution in [1.29, 1.82) is 0 Å². The Balaban J connectivity index is 0.927. The first kappa shape index (κ1) is 65.4. The molecule has 23 nitrogen and oxygen atoms in total. The van der Waals surface area contributed by atoms with Crippen molar-refractivity contribution in [2.24, 2.45) is 17.3 Å². The van der Waals surface area contributed by atoms with Gasteiger partial charge in [0.2, 0.25) is 11.5 Å². The van der Waals surface area contributed by atoms with E-state index in [4.69, 9.17) is 42.9 Å². The van der Waals surface area contributed by atoms with Crippen molar-refractivity contribution < 1.29 is 82.6 Å². The molecule has 23 heteroatoms. The first-order valence-electron chi connectivity index (χ1n) is 30.6. The second-order valence-electron chi connectivity index (χ2n) is 26.1. The van der Waals surface area contributed by atoms with Crippen molar-refractivity contribution >= 4 is 34.7 Å². The van der Waals surface area contributed by atoms with E-state index in [1.165, 1.54) is 14.0 Å². The predicted molar refractivity (Wildman–Crippen MR) is 312 cm³/mol. The number of ether oxygens (including phenoxy) is 8.